The van der Waals surface area contributed by atoms with Crippen molar-refractivity contribution in [3.05, 3.63) is 78.1 Å². The average Bonchev–Trinajstić information content (AvgIpc) is 2.70. The van der Waals surface area contributed by atoms with Crippen LogP contribution in [0.4, 0.5) is 17.1 Å². The van der Waals surface area contributed by atoms with E-state index in [4.69, 9.17) is 10.00 Å². The van der Waals surface area contributed by atoms with Gasteiger partial charge in [0.2, 0.25) is 0 Å². The molecule has 0 aliphatic heterocycles. The lowest BCUT2D eigenvalue weighted by molar-refractivity contribution is 0.102. The molecule has 3 aromatic rings. The molecule has 6 heteroatoms. The van der Waals surface area contributed by atoms with Crippen molar-refractivity contribution >= 4 is 23.0 Å². The molecule has 2 N–H and O–H groups in total. The number of para-hydroxylation sites is 3. The molecule has 6 nitrogen and oxygen atoms in total. The minimum absolute atomic E-state index is 0.341. The predicted molar refractivity (Wildman–Crippen MR) is 104 cm³/mol. The number of pyridine rings is 1. The van der Waals surface area contributed by atoms with Gasteiger partial charge < -0.3 is 15.4 Å². The monoisotopic (exact) mass is 358 g/mol. The summed E-state index contributed by atoms with van der Waals surface area (Å²) in [7, 11) is 0. The van der Waals surface area contributed by atoms with Gasteiger partial charge in [-0.05, 0) is 37.3 Å². The van der Waals surface area contributed by atoms with Crippen LogP contribution in [0.1, 0.15) is 22.8 Å². The number of amides is 1. The van der Waals surface area contributed by atoms with Crippen molar-refractivity contribution in [2.24, 2.45) is 0 Å². The number of benzene rings is 2. The van der Waals surface area contributed by atoms with Crippen molar-refractivity contribution in [3.8, 4) is 11.8 Å². The van der Waals surface area contributed by atoms with E-state index in [0.717, 1.165) is 11.4 Å². The Morgan fingerprint density at radius 1 is 1.11 bits per heavy atom. The Kier molecular flexibility index (Phi) is 5.65. The highest BCUT2D eigenvalue weighted by Crippen LogP contribution is 2.27. The fourth-order valence-electron chi connectivity index (χ4n) is 2.52. The van der Waals surface area contributed by atoms with Gasteiger partial charge in [-0.25, -0.2) is 0 Å². The zero-order valence-electron chi connectivity index (χ0n) is 14.8. The van der Waals surface area contributed by atoms with Gasteiger partial charge in [-0.3, -0.25) is 9.78 Å². The van der Waals surface area contributed by atoms with Crippen LogP contribution in [0.2, 0.25) is 0 Å². The minimum Gasteiger partial charge on any atom is -0.492 e. The lowest BCUT2D eigenvalue weighted by Gasteiger charge is -2.13. The maximum atomic E-state index is 12.5. The van der Waals surface area contributed by atoms with Crippen LogP contribution in [0.25, 0.3) is 0 Å². The molecule has 0 saturated heterocycles. The van der Waals surface area contributed by atoms with E-state index in [2.05, 4.69) is 21.7 Å². The molecule has 0 aliphatic rings. The number of carbonyl (C=O) groups is 1. The van der Waals surface area contributed by atoms with Crippen LogP contribution < -0.4 is 15.4 Å². The predicted octanol–water partition coefficient (Wildman–Crippen LogP) is 4.35. The quantitative estimate of drug-likeness (QED) is 0.684. The molecule has 1 heterocycles. The summed E-state index contributed by atoms with van der Waals surface area (Å²) in [5.41, 5.74) is 2.68. The summed E-state index contributed by atoms with van der Waals surface area (Å²) < 4.78 is 5.60. The second-order valence-electron chi connectivity index (χ2n) is 5.63. The Morgan fingerprint density at radius 3 is 2.63 bits per heavy atom. The summed E-state index contributed by atoms with van der Waals surface area (Å²) in [6.45, 7) is 2.47. The van der Waals surface area contributed by atoms with Gasteiger partial charge in [0.15, 0.2) is 0 Å². The maximum absolute atomic E-state index is 12.5. The molecule has 0 fully saturated rings. The molecule has 1 amide bonds. The first-order valence-corrected chi connectivity index (χ1v) is 8.45. The van der Waals surface area contributed by atoms with Crippen LogP contribution in [0.15, 0.2) is 67.0 Å². The lowest BCUT2D eigenvalue weighted by atomic mass is 10.1. The third-order valence-corrected chi connectivity index (χ3v) is 3.76. The van der Waals surface area contributed by atoms with Crippen LogP contribution in [0, 0.1) is 11.3 Å². The Balaban J connectivity index is 1.80. The van der Waals surface area contributed by atoms with E-state index >= 15 is 0 Å². The van der Waals surface area contributed by atoms with Crippen LogP contribution in [0.5, 0.6) is 5.75 Å². The smallest absolute Gasteiger partial charge is 0.257 e. The molecule has 1 aromatic heterocycles. The number of hydrogen-bond acceptors (Lipinski definition) is 5. The largest absolute Gasteiger partial charge is 0.492 e. The SMILES string of the molecule is CCOc1ccccc1Nc1cncc(C(=O)Nc2ccccc2C#N)c1. The van der Waals surface area contributed by atoms with E-state index in [1.807, 2.05) is 31.2 Å². The normalized spacial score (nSPS) is 9.93. The number of carbonyl (C=O) groups excluding carboxylic acids is 1. The molecule has 0 aliphatic carbocycles. The third kappa shape index (κ3) is 4.41. The first kappa shape index (κ1) is 18.0. The molecule has 0 spiro atoms. The fraction of sp³-hybridized carbons (Fsp3) is 0.0952. The zero-order valence-corrected chi connectivity index (χ0v) is 14.8. The summed E-state index contributed by atoms with van der Waals surface area (Å²) in [5.74, 6) is 0.379. The Bertz CT molecular complexity index is 995. The molecule has 3 rings (SSSR count). The number of ether oxygens (including phenoxy) is 1. The maximum Gasteiger partial charge on any atom is 0.257 e. The van der Waals surface area contributed by atoms with Gasteiger partial charge >= 0.3 is 0 Å². The molecule has 0 atom stereocenters. The highest BCUT2D eigenvalue weighted by atomic mass is 16.5. The molecule has 0 saturated carbocycles. The molecule has 27 heavy (non-hydrogen) atoms. The van der Waals surface area contributed by atoms with Gasteiger partial charge in [-0.1, -0.05) is 24.3 Å². The number of nitrogens with zero attached hydrogens (tertiary/aromatic N) is 2. The van der Waals surface area contributed by atoms with Crippen LogP contribution >= 0.6 is 0 Å². The van der Waals surface area contributed by atoms with E-state index in [0.29, 0.717) is 29.1 Å². The molecule has 0 radical (unpaired) electrons. The summed E-state index contributed by atoms with van der Waals surface area (Å²) in [4.78, 5) is 16.7. The van der Waals surface area contributed by atoms with Crippen molar-refractivity contribution in [1.29, 1.82) is 5.26 Å². The molecule has 134 valence electrons. The second kappa shape index (κ2) is 8.50. The Hall–Kier alpha value is -3.85. The molecule has 0 unspecified atom stereocenters. The first-order chi connectivity index (χ1) is 13.2. The summed E-state index contributed by atoms with van der Waals surface area (Å²) in [6, 6.07) is 18.1. The number of hydrogen-bond donors (Lipinski definition) is 2. The first-order valence-electron chi connectivity index (χ1n) is 8.45. The van der Waals surface area contributed by atoms with Crippen LogP contribution in [0.3, 0.4) is 0 Å². The summed E-state index contributed by atoms with van der Waals surface area (Å²) in [6.07, 6.45) is 3.10. The van der Waals surface area contributed by atoms with Gasteiger partial charge in [0.05, 0.1) is 41.0 Å². The standard InChI is InChI=1S/C21H18N4O2/c1-2-27-20-10-6-5-9-19(20)24-17-11-16(13-23-14-17)21(26)25-18-8-4-3-7-15(18)12-22/h3-11,13-14,24H,2H2,1H3,(H,25,26). The number of nitrogens with one attached hydrogen (secondary N) is 2. The van der Waals surface area contributed by atoms with Gasteiger partial charge in [0, 0.05) is 6.20 Å². The van der Waals surface area contributed by atoms with E-state index < -0.39 is 0 Å². The molecular weight excluding hydrogens is 340 g/mol. The van der Waals surface area contributed by atoms with E-state index in [1.54, 1.807) is 36.5 Å². The van der Waals surface area contributed by atoms with Crippen LogP contribution in [-0.4, -0.2) is 17.5 Å². The number of nitriles is 1. The number of anilines is 3. The zero-order chi connectivity index (χ0) is 19.1. The molecule has 0 bridgehead atoms. The van der Waals surface area contributed by atoms with Crippen molar-refractivity contribution in [2.75, 3.05) is 17.2 Å². The Morgan fingerprint density at radius 2 is 1.85 bits per heavy atom. The van der Waals surface area contributed by atoms with Gasteiger partial charge in [-0.2, -0.15) is 5.26 Å². The summed E-state index contributed by atoms with van der Waals surface area (Å²) >= 11 is 0. The van der Waals surface area contributed by atoms with Gasteiger partial charge in [0.25, 0.3) is 5.91 Å². The average molecular weight is 358 g/mol. The molecule has 2 aromatic carbocycles. The topological polar surface area (TPSA) is 87.0 Å². The fourth-order valence-corrected chi connectivity index (χ4v) is 2.52. The van der Waals surface area contributed by atoms with Crippen molar-refractivity contribution in [3.63, 3.8) is 0 Å². The second-order valence-corrected chi connectivity index (χ2v) is 5.63. The van der Waals surface area contributed by atoms with E-state index in [-0.39, 0.29) is 5.91 Å². The summed E-state index contributed by atoms with van der Waals surface area (Å²) in [5, 5.41) is 15.1. The van der Waals surface area contributed by atoms with E-state index in [9.17, 15) is 4.79 Å². The Labute approximate surface area is 157 Å². The third-order valence-electron chi connectivity index (χ3n) is 3.76. The minimum atomic E-state index is -0.341. The van der Waals surface area contributed by atoms with Crippen LogP contribution in [-0.2, 0) is 0 Å². The number of rotatable bonds is 6. The van der Waals surface area contributed by atoms with Crippen molar-refractivity contribution < 1.29 is 9.53 Å². The number of aromatic nitrogens is 1. The van der Waals surface area contributed by atoms with Gasteiger partial charge in [-0.15, -0.1) is 0 Å². The van der Waals surface area contributed by atoms with Crippen molar-refractivity contribution in [1.82, 2.24) is 4.98 Å². The highest BCUT2D eigenvalue weighted by Gasteiger charge is 2.11. The van der Waals surface area contributed by atoms with Crippen molar-refractivity contribution in [2.45, 2.75) is 6.92 Å². The molecular formula is C21H18N4O2. The highest BCUT2D eigenvalue weighted by molar-refractivity contribution is 6.05. The van der Waals surface area contributed by atoms with Gasteiger partial charge in [0.1, 0.15) is 11.8 Å². The lowest BCUT2D eigenvalue weighted by Crippen LogP contribution is -2.13. The van der Waals surface area contributed by atoms with E-state index in [1.165, 1.54) is 6.20 Å².